The van der Waals surface area contributed by atoms with Crippen molar-refractivity contribution >= 4 is 77.6 Å². The quantitative estimate of drug-likeness (QED) is 0.0248. The summed E-state index contributed by atoms with van der Waals surface area (Å²) in [4.78, 5) is 155. The number of hydrogen-bond acceptors (Lipinski definition) is 21. The highest BCUT2D eigenvalue weighted by molar-refractivity contribution is 6.58. The molecule has 0 saturated heterocycles. The summed E-state index contributed by atoms with van der Waals surface area (Å²) >= 11 is 0. The van der Waals surface area contributed by atoms with E-state index in [1.54, 1.807) is 0 Å². The molecule has 580 valence electrons. The van der Waals surface area contributed by atoms with Gasteiger partial charge in [-0.05, 0) is 228 Å². The number of phenolic OH excluding ortho intramolecular Hbond substituents is 1. The van der Waals surface area contributed by atoms with Crippen molar-refractivity contribution in [2.75, 3.05) is 45.8 Å². The lowest BCUT2D eigenvalue weighted by Crippen LogP contribution is -2.60. The van der Waals surface area contributed by atoms with Gasteiger partial charge in [0, 0.05) is 18.5 Å². The number of carbonyl (C=O) groups is 11. The number of aromatic hydroxyl groups is 1. The minimum atomic E-state index is -1.73. The number of carboxylic acids is 1. The number of rotatable bonds is 56. The second-order valence-corrected chi connectivity index (χ2v) is 27.1. The van der Waals surface area contributed by atoms with Gasteiger partial charge in [0.25, 0.3) is 5.91 Å². The number of benzene rings is 2. The number of carboxylic acid groups (broad SMARTS) is 1. The Labute approximate surface area is 606 Å². The molecule has 0 aliphatic carbocycles. The van der Waals surface area contributed by atoms with E-state index in [1.165, 1.54) is 48.5 Å². The molecule has 10 amide bonds. The number of amides is 10. The average Bonchev–Trinajstić information content (AvgIpc) is 0.865. The molecule has 33 heteroatoms. The van der Waals surface area contributed by atoms with E-state index in [4.69, 9.17) is 40.1 Å². The molecule has 0 fully saturated rings. The number of hydrogen-bond donors (Lipinski definition) is 21. The van der Waals surface area contributed by atoms with E-state index in [9.17, 15) is 73.0 Å². The maximum atomic E-state index is 14.7. The Bertz CT molecular complexity index is 2880. The lowest BCUT2D eigenvalue weighted by molar-refractivity contribution is -0.142. The Hall–Kier alpha value is -7.89. The summed E-state index contributed by atoms with van der Waals surface area (Å²) in [7, 11) is -1.73. The van der Waals surface area contributed by atoms with Crippen molar-refractivity contribution in [2.24, 2.45) is 52.0 Å². The van der Waals surface area contributed by atoms with Gasteiger partial charge in [-0.3, -0.25) is 47.9 Å². The summed E-state index contributed by atoms with van der Waals surface area (Å²) < 4.78 is 0. The lowest BCUT2D eigenvalue weighted by atomic mass is 9.80. The Morgan fingerprint density at radius 1 is 0.369 bits per heavy atom. The van der Waals surface area contributed by atoms with Crippen molar-refractivity contribution in [3.63, 3.8) is 0 Å². The second kappa shape index (κ2) is 52.1. The summed E-state index contributed by atoms with van der Waals surface area (Å²) in [6, 6.07) is -1.32. The predicted molar refractivity (Wildman–Crippen MR) is 394 cm³/mol. The van der Waals surface area contributed by atoms with E-state index in [0.717, 1.165) is 0 Å². The van der Waals surface area contributed by atoms with Crippen molar-refractivity contribution in [2.45, 2.75) is 242 Å². The zero-order valence-corrected chi connectivity index (χ0v) is 60.9. The molecule has 0 aliphatic heterocycles. The fourth-order valence-electron chi connectivity index (χ4n) is 11.2. The average molecular weight is 1450 g/mol. The molecule has 0 unspecified atom stereocenters. The molecule has 0 aliphatic rings. The lowest BCUT2D eigenvalue weighted by Gasteiger charge is -2.29. The zero-order valence-electron chi connectivity index (χ0n) is 60.9. The summed E-state index contributed by atoms with van der Waals surface area (Å²) in [6.07, 6.45) is 6.26. The van der Waals surface area contributed by atoms with Gasteiger partial charge < -0.3 is 114 Å². The van der Waals surface area contributed by atoms with E-state index < -0.39 is 133 Å². The molecule has 2 rings (SSSR count). The minimum Gasteiger partial charge on any atom is -0.508 e. The molecular formula is C70H122BN17O15. The Morgan fingerprint density at radius 2 is 0.650 bits per heavy atom. The zero-order chi connectivity index (χ0) is 76.8. The summed E-state index contributed by atoms with van der Waals surface area (Å²) in [5, 5.41) is 66.5. The molecule has 2 aromatic carbocycles. The Morgan fingerprint density at radius 3 is 0.951 bits per heavy atom. The molecule has 0 bridgehead atoms. The summed E-state index contributed by atoms with van der Waals surface area (Å²) in [5.74, 6) is -8.92. The van der Waals surface area contributed by atoms with E-state index in [1.807, 2.05) is 27.7 Å². The van der Waals surface area contributed by atoms with Crippen LogP contribution in [0, 0.1) is 11.8 Å². The highest BCUT2D eigenvalue weighted by Crippen LogP contribution is 2.17. The number of aliphatic carboxylic acids is 1. The smallest absolute Gasteiger partial charge is 0.488 e. The molecule has 32 nitrogen and oxygen atoms in total. The van der Waals surface area contributed by atoms with Gasteiger partial charge in [-0.2, -0.15) is 0 Å². The number of carbonyl (C=O) groups excluding carboxylic acids is 10. The van der Waals surface area contributed by atoms with Crippen molar-refractivity contribution in [3.05, 3.63) is 59.7 Å². The third-order valence-electron chi connectivity index (χ3n) is 17.2. The van der Waals surface area contributed by atoms with Crippen molar-refractivity contribution in [1.29, 1.82) is 0 Å². The maximum absolute atomic E-state index is 14.7. The molecule has 0 aromatic heterocycles. The van der Waals surface area contributed by atoms with Crippen LogP contribution in [0.2, 0.25) is 0 Å². The molecule has 0 heterocycles. The predicted octanol–water partition coefficient (Wildman–Crippen LogP) is -2.14. The van der Waals surface area contributed by atoms with Crippen LogP contribution in [0.1, 0.15) is 191 Å². The van der Waals surface area contributed by atoms with Gasteiger partial charge >= 0.3 is 13.1 Å². The number of unbranched alkanes of at least 4 members (excludes halogenated alkanes) is 7. The van der Waals surface area contributed by atoms with Gasteiger partial charge in [0.1, 0.15) is 60.1 Å². The first-order chi connectivity index (χ1) is 49.1. The fourth-order valence-corrected chi connectivity index (χ4v) is 11.2. The first kappa shape index (κ1) is 91.2. The van der Waals surface area contributed by atoms with Gasteiger partial charge in [-0.15, -0.1) is 0 Å². The van der Waals surface area contributed by atoms with Crippen LogP contribution in [-0.4, -0.2) is 199 Å². The third kappa shape index (κ3) is 37.4. The van der Waals surface area contributed by atoms with Crippen molar-refractivity contribution in [3.8, 4) is 5.75 Å². The van der Waals surface area contributed by atoms with Crippen LogP contribution in [-0.2, 0) is 54.4 Å². The van der Waals surface area contributed by atoms with Crippen LogP contribution in [0.4, 0.5) is 0 Å². The number of phenols is 1. The minimum absolute atomic E-state index is 0.00622. The molecule has 2 aromatic rings. The number of nitrogens with two attached hydrogens (primary N) is 7. The Balaban J connectivity index is 2.53. The summed E-state index contributed by atoms with van der Waals surface area (Å²) in [6.45, 7) is 9.15. The van der Waals surface area contributed by atoms with Gasteiger partial charge in [-0.25, -0.2) is 4.79 Å². The van der Waals surface area contributed by atoms with Crippen LogP contribution < -0.4 is 98.8 Å². The van der Waals surface area contributed by atoms with Gasteiger partial charge in [-0.1, -0.05) is 58.4 Å². The second-order valence-electron chi connectivity index (χ2n) is 27.1. The van der Waals surface area contributed by atoms with Gasteiger partial charge in [0.15, 0.2) is 0 Å². The highest BCUT2D eigenvalue weighted by atomic mass is 16.4. The molecule has 0 radical (unpaired) electrons. The molecule has 10 atom stereocenters. The summed E-state index contributed by atoms with van der Waals surface area (Å²) in [5.41, 5.74) is 42.0. The number of nitrogens with one attached hydrogen (secondary N) is 10. The van der Waals surface area contributed by atoms with Gasteiger partial charge in [0.2, 0.25) is 53.2 Å². The Kier molecular flexibility index (Phi) is 46.2. The molecule has 0 spiro atoms. The molecule has 0 saturated carbocycles. The maximum Gasteiger partial charge on any atom is 0.488 e. The first-order valence-corrected chi connectivity index (χ1v) is 36.6. The van der Waals surface area contributed by atoms with E-state index in [0.29, 0.717) is 102 Å². The van der Waals surface area contributed by atoms with Crippen LogP contribution in [0.5, 0.6) is 5.75 Å². The fraction of sp³-hybridized carbons (Fsp3) is 0.671. The van der Waals surface area contributed by atoms with E-state index in [2.05, 4.69) is 53.2 Å². The van der Waals surface area contributed by atoms with E-state index >= 15 is 0 Å². The first-order valence-electron chi connectivity index (χ1n) is 36.6. The van der Waals surface area contributed by atoms with Crippen LogP contribution >= 0.6 is 0 Å². The normalized spacial score (nSPS) is 14.2. The van der Waals surface area contributed by atoms with Gasteiger partial charge in [0.05, 0.1) is 6.04 Å². The largest absolute Gasteiger partial charge is 0.508 e. The third-order valence-corrected chi connectivity index (χ3v) is 17.2. The van der Waals surface area contributed by atoms with Crippen LogP contribution in [0.15, 0.2) is 48.5 Å². The van der Waals surface area contributed by atoms with Crippen LogP contribution in [0.25, 0.3) is 0 Å². The van der Waals surface area contributed by atoms with Crippen molar-refractivity contribution in [1.82, 2.24) is 53.2 Å². The van der Waals surface area contributed by atoms with Crippen molar-refractivity contribution < 1.29 is 73.0 Å². The monoisotopic (exact) mass is 1450 g/mol. The SMILES string of the molecule is CC(C)C[C@H](NC(=O)[C@H](CCCCN)NC(=O)[C@H](CCCCN)NC(=O)[C@H](CC(C)C)NC(=O)[C@@H](N)CCCCN)C(=O)N[C@@H](CCCCN)C(=O)N[C@@H](CCCCN)C(=O)N[C@@H](CCCCN)C(=O)N[C@@H](CCCCNC(=O)c1ccc(B(O)O)cc1)C(=O)N[C@@H](Cc1ccc(O)cc1)C(=O)O. The van der Waals surface area contributed by atoms with Crippen LogP contribution in [0.3, 0.4) is 0 Å². The highest BCUT2D eigenvalue weighted by Gasteiger charge is 2.36. The molecule has 28 N–H and O–H groups in total. The van der Waals surface area contributed by atoms with E-state index in [-0.39, 0.29) is 132 Å². The standard InChI is InChI=1S/C70H122BN17O15/c1-44(2)41-57(86-61(91)50(78)19-5-12-34-72)68(98)84-53(22-8-15-37-75)65(95)82-55(24-10-17-39-77)66(96)87-58(42-45(3)4)69(99)85-54(23-9-16-38-76)64(94)81-51(20-6-13-35-73)62(92)80-52(21-7-14-36-74)63(93)83-56(67(97)88-59(70(100)101)43-46-26-32-49(89)33-27-46)25-11-18-40-79-60(90)47-28-30-48(31-29-47)71(102)103/h26-33,44-45,50-59,89,102-103H,5-25,34-43,72-78H2,1-4H3,(H,79,90)(H,80,92)(H,81,94)(H,82,95)(H,83,93)(H,84,98)(H,85,99)(H,86,91)(H,87,96)(H,88,97)(H,100,101)/t50-,51-,52-,53-,54-,55-,56-,57-,58-,59-/m0/s1. The molecular weight excluding hydrogens is 1330 g/mol. The topological polar surface area (TPSA) is 571 Å². The molecule has 103 heavy (non-hydrogen) atoms.